The molecule has 9 nitrogen and oxygen atoms in total. The van der Waals surface area contributed by atoms with E-state index in [1.807, 2.05) is 0 Å². The lowest BCUT2D eigenvalue weighted by Gasteiger charge is -2.21. The molecule has 3 atom stereocenters. The van der Waals surface area contributed by atoms with Crippen LogP contribution in [-0.2, 0) is 11.1 Å². The van der Waals surface area contributed by atoms with Crippen LogP contribution < -0.4 is 16.2 Å². The van der Waals surface area contributed by atoms with Gasteiger partial charge in [0, 0.05) is 17.5 Å². The van der Waals surface area contributed by atoms with Gasteiger partial charge in [-0.3, -0.25) is 9.78 Å². The van der Waals surface area contributed by atoms with E-state index in [4.69, 9.17) is 10.6 Å². The molecule has 2 aromatic heterocycles. The Bertz CT molecular complexity index is 786. The van der Waals surface area contributed by atoms with Crippen molar-refractivity contribution in [3.05, 3.63) is 16.7 Å². The molecule has 3 rings (SSSR count). The second kappa shape index (κ2) is 5.33. The van der Waals surface area contributed by atoms with Gasteiger partial charge in [0.2, 0.25) is 5.95 Å². The van der Waals surface area contributed by atoms with Crippen LogP contribution in [0.5, 0.6) is 0 Å². The van der Waals surface area contributed by atoms with Crippen molar-refractivity contribution < 1.29 is 14.4 Å². The summed E-state index contributed by atoms with van der Waals surface area (Å²) in [6, 6.07) is 0. The number of nitrogens with one attached hydrogen (secondary N) is 1. The first-order valence-corrected chi connectivity index (χ1v) is 9.49. The zero-order chi connectivity index (χ0) is 15.2. The zero-order valence-corrected chi connectivity index (χ0v) is 13.0. The van der Waals surface area contributed by atoms with Crippen LogP contribution in [0.15, 0.2) is 11.1 Å². The molecule has 1 fully saturated rings. The minimum atomic E-state index is -4.34. The molecule has 0 aliphatic carbocycles. The molecule has 0 aromatic carbocycles. The van der Waals surface area contributed by atoms with Gasteiger partial charge in [0.25, 0.3) is 5.56 Å². The number of aromatic nitrogens is 4. The Morgan fingerprint density at radius 1 is 1.67 bits per heavy atom. The number of imidazole rings is 1. The van der Waals surface area contributed by atoms with Gasteiger partial charge in [0.15, 0.2) is 18.8 Å². The van der Waals surface area contributed by atoms with Crippen LogP contribution in [0.1, 0.15) is 0 Å². The lowest BCUT2D eigenvalue weighted by atomic mass is 10.4. The number of anilines is 1. The molecular formula is C9H11N5O4PS2-. The molecule has 0 amide bonds. The van der Waals surface area contributed by atoms with Gasteiger partial charge in [-0.25, -0.2) is 4.98 Å². The fraction of sp³-hybridized carbons (Fsp3) is 0.444. The molecule has 1 aliphatic heterocycles. The molecule has 0 saturated carbocycles. The Morgan fingerprint density at radius 3 is 3.10 bits per heavy atom. The van der Waals surface area contributed by atoms with Gasteiger partial charge in [-0.15, -0.1) is 23.5 Å². The van der Waals surface area contributed by atoms with E-state index >= 15 is 0 Å². The highest BCUT2D eigenvalue weighted by Crippen LogP contribution is 2.56. The number of nitrogens with zero attached hydrogens (tertiary/aromatic N) is 3. The van der Waals surface area contributed by atoms with E-state index in [0.717, 1.165) is 0 Å². The van der Waals surface area contributed by atoms with E-state index in [-0.39, 0.29) is 16.7 Å². The maximum atomic E-state index is 11.7. The number of H-pyrrole nitrogens is 1. The Kier molecular flexibility index (Phi) is 3.78. The molecule has 0 bridgehead atoms. The fourth-order valence-electron chi connectivity index (χ4n) is 2.02. The quantitative estimate of drug-likeness (QED) is 0.616. The second-order valence-electron chi connectivity index (χ2n) is 4.48. The van der Waals surface area contributed by atoms with Crippen LogP contribution in [0, 0.1) is 0 Å². The van der Waals surface area contributed by atoms with Crippen LogP contribution in [0.3, 0.4) is 0 Å². The number of rotatable bonds is 3. The zero-order valence-electron chi connectivity index (χ0n) is 10.5. The highest BCUT2D eigenvalue weighted by atomic mass is 32.2. The molecule has 0 radical (unpaired) electrons. The van der Waals surface area contributed by atoms with E-state index in [0.29, 0.717) is 17.9 Å². The first kappa shape index (κ1) is 14.9. The van der Waals surface area contributed by atoms with Crippen LogP contribution in [-0.4, -0.2) is 39.7 Å². The van der Waals surface area contributed by atoms with Gasteiger partial charge in [-0.2, -0.15) is 4.98 Å². The van der Waals surface area contributed by atoms with Crippen molar-refractivity contribution in [1.29, 1.82) is 0 Å². The van der Waals surface area contributed by atoms with Gasteiger partial charge in [-0.1, -0.05) is 0 Å². The van der Waals surface area contributed by atoms with Crippen molar-refractivity contribution in [2.75, 3.05) is 11.5 Å². The van der Waals surface area contributed by atoms with E-state index in [1.54, 1.807) is 4.57 Å². The van der Waals surface area contributed by atoms with Crippen LogP contribution in [0.25, 0.3) is 11.2 Å². The van der Waals surface area contributed by atoms with Gasteiger partial charge >= 0.3 is 0 Å². The molecule has 2 aromatic rings. The minimum absolute atomic E-state index is 0.00000557. The summed E-state index contributed by atoms with van der Waals surface area (Å²) in [5.41, 5.74) is 5.65. The Hall–Kier alpha value is -1.00. The summed E-state index contributed by atoms with van der Waals surface area (Å²) < 4.78 is 11.9. The van der Waals surface area contributed by atoms with Gasteiger partial charge in [-0.05, 0) is 0 Å². The Balaban J connectivity index is 1.84. The largest absolute Gasteiger partial charge is 0.777 e. The fourth-order valence-corrected chi connectivity index (χ4v) is 6.80. The number of fused-ring (bicyclic) bond motifs is 1. The van der Waals surface area contributed by atoms with Gasteiger partial charge in [0.05, 0.1) is 6.33 Å². The summed E-state index contributed by atoms with van der Waals surface area (Å²) in [7, 11) is -4.34. The van der Waals surface area contributed by atoms with E-state index in [2.05, 4.69) is 15.0 Å². The number of aromatic amines is 1. The minimum Gasteiger partial charge on any atom is -0.777 e. The molecule has 114 valence electrons. The maximum Gasteiger partial charge on any atom is 0.280 e. The topological polar surface area (TPSA) is 150 Å². The second-order valence-corrected chi connectivity index (χ2v) is 9.67. The molecule has 4 N–H and O–H groups in total. The van der Waals surface area contributed by atoms with Gasteiger partial charge in [0.1, 0.15) is 4.32 Å². The van der Waals surface area contributed by atoms with Crippen molar-refractivity contribution in [3.63, 3.8) is 0 Å². The number of nitrogens with two attached hydrogens (primary N) is 1. The lowest BCUT2D eigenvalue weighted by Crippen LogP contribution is -2.16. The lowest BCUT2D eigenvalue weighted by molar-refractivity contribution is -0.192. The molecular weight excluding hydrogens is 337 g/mol. The van der Waals surface area contributed by atoms with Crippen LogP contribution in [0.2, 0.25) is 0 Å². The summed E-state index contributed by atoms with van der Waals surface area (Å²) in [6.45, 7) is 0.431. The first-order valence-electron chi connectivity index (χ1n) is 5.86. The average molecular weight is 348 g/mol. The first-order chi connectivity index (χ1) is 9.84. The third-order valence-electron chi connectivity index (χ3n) is 2.89. The molecule has 12 heteroatoms. The van der Waals surface area contributed by atoms with E-state index in [1.165, 1.54) is 29.9 Å². The SMILES string of the molecule is Nc1nc2c(ncn2CC2CSC(P(=O)([O-])O)S2)c(=O)[nH]1. The monoisotopic (exact) mass is 348 g/mol. The van der Waals surface area contributed by atoms with Crippen molar-refractivity contribution in [1.82, 2.24) is 19.5 Å². The van der Waals surface area contributed by atoms with Crippen molar-refractivity contribution in [2.45, 2.75) is 16.1 Å². The van der Waals surface area contributed by atoms with E-state index < -0.39 is 17.5 Å². The third-order valence-corrected chi connectivity index (χ3v) is 8.60. The average Bonchev–Trinajstić information content (AvgIpc) is 2.97. The number of nitrogen functional groups attached to an aromatic ring is 1. The Morgan fingerprint density at radius 2 is 2.43 bits per heavy atom. The summed E-state index contributed by atoms with van der Waals surface area (Å²) in [6.07, 6.45) is 1.47. The maximum absolute atomic E-state index is 11.7. The van der Waals surface area contributed by atoms with Crippen LogP contribution >= 0.6 is 31.1 Å². The standard InChI is InChI=1S/C9H12N5O4PS2/c10-8-12-6-5(7(15)13-8)11-3-14(6)1-4-2-20-9(21-4)19(16,17)18/h3-4,9H,1-2H2,(H2,16,17,18)(H3,10,12,13,15)/p-1. The van der Waals surface area contributed by atoms with Crippen molar-refractivity contribution in [2.24, 2.45) is 0 Å². The summed E-state index contributed by atoms with van der Waals surface area (Å²) in [5, 5.41) is -0.0332. The van der Waals surface area contributed by atoms with Crippen molar-refractivity contribution >= 4 is 48.2 Å². The smallest absolute Gasteiger partial charge is 0.280 e. The summed E-state index contributed by atoms with van der Waals surface area (Å²) in [4.78, 5) is 42.3. The molecule has 3 heterocycles. The molecule has 3 unspecified atom stereocenters. The molecule has 21 heavy (non-hydrogen) atoms. The summed E-state index contributed by atoms with van der Waals surface area (Å²) >= 11 is 2.36. The predicted molar refractivity (Wildman–Crippen MR) is 80.0 cm³/mol. The normalized spacial score (nSPS) is 25.2. The Labute approximate surface area is 126 Å². The third kappa shape index (κ3) is 2.97. The summed E-state index contributed by atoms with van der Waals surface area (Å²) in [5.74, 6) is 0.570. The number of hydrogen-bond acceptors (Lipinski definition) is 8. The van der Waals surface area contributed by atoms with Gasteiger partial charge < -0.3 is 24.7 Å². The number of thioether (sulfide) groups is 2. The molecule has 1 aliphatic rings. The molecule has 0 spiro atoms. The number of hydrogen-bond donors (Lipinski definition) is 3. The molecule has 1 saturated heterocycles. The van der Waals surface area contributed by atoms with E-state index in [9.17, 15) is 14.3 Å². The van der Waals surface area contributed by atoms with Crippen LogP contribution in [0.4, 0.5) is 5.95 Å². The van der Waals surface area contributed by atoms with Crippen molar-refractivity contribution in [3.8, 4) is 0 Å². The highest BCUT2D eigenvalue weighted by Gasteiger charge is 2.32. The predicted octanol–water partition coefficient (Wildman–Crippen LogP) is -0.620. The highest BCUT2D eigenvalue weighted by molar-refractivity contribution is 8.26.